The molecule has 5 heteroatoms. The van der Waals surface area contributed by atoms with Crippen molar-refractivity contribution >= 4 is 11.9 Å². The fourth-order valence-electron chi connectivity index (χ4n) is 6.67. The second-order valence-corrected chi connectivity index (χ2v) is 15.1. The first-order valence-corrected chi connectivity index (χ1v) is 22.2. The Balaban J connectivity index is 3.48. The van der Waals surface area contributed by atoms with Gasteiger partial charge in [-0.1, -0.05) is 206 Å². The van der Waals surface area contributed by atoms with Gasteiger partial charge in [0.2, 0.25) is 0 Å². The number of rotatable bonds is 41. The minimum Gasteiger partial charge on any atom is -0.462 e. The summed E-state index contributed by atoms with van der Waals surface area (Å²) in [6.07, 6.45) is 48.5. The van der Waals surface area contributed by atoms with Gasteiger partial charge in [-0.15, -0.1) is 0 Å². The van der Waals surface area contributed by atoms with Crippen LogP contribution in [-0.2, 0) is 19.1 Å². The van der Waals surface area contributed by atoms with Crippen LogP contribution in [0.4, 0.5) is 0 Å². The molecule has 1 N–H and O–H groups in total. The third-order valence-electron chi connectivity index (χ3n) is 10.1. The Morgan fingerprint density at radius 1 is 0.440 bits per heavy atom. The van der Waals surface area contributed by atoms with Crippen molar-refractivity contribution in [2.24, 2.45) is 0 Å². The van der Waals surface area contributed by atoms with Crippen LogP contribution in [0.5, 0.6) is 0 Å². The summed E-state index contributed by atoms with van der Waals surface area (Å²) in [5.41, 5.74) is 0. The molecule has 0 fully saturated rings. The summed E-state index contributed by atoms with van der Waals surface area (Å²) in [6.45, 7) is 4.16. The number of hydrogen-bond donors (Lipinski definition) is 1. The monoisotopic (exact) mass is 707 g/mol. The van der Waals surface area contributed by atoms with Gasteiger partial charge in [0.25, 0.3) is 0 Å². The van der Waals surface area contributed by atoms with Crippen LogP contribution in [0.1, 0.15) is 245 Å². The molecular formula is C45H86O5. The number of aliphatic hydroxyl groups excluding tert-OH is 1. The SMILES string of the molecule is CCCCCCCC/C=C\CCCCCCCCCC(=O)O[C@@H](CO)COC(=O)CCCCCCCCCCCCCCCCCCCCC. The minimum absolute atomic E-state index is 0.0611. The first-order valence-electron chi connectivity index (χ1n) is 22.2. The minimum atomic E-state index is -0.767. The molecule has 5 nitrogen and oxygen atoms in total. The normalized spacial score (nSPS) is 12.1. The number of ether oxygens (including phenoxy) is 2. The first-order chi connectivity index (χ1) is 24.6. The summed E-state index contributed by atoms with van der Waals surface area (Å²) in [6, 6.07) is 0. The summed E-state index contributed by atoms with van der Waals surface area (Å²) in [7, 11) is 0. The molecule has 0 heterocycles. The second kappa shape index (κ2) is 42.1. The van der Waals surface area contributed by atoms with Gasteiger partial charge in [-0.3, -0.25) is 9.59 Å². The van der Waals surface area contributed by atoms with Gasteiger partial charge in [-0.2, -0.15) is 0 Å². The van der Waals surface area contributed by atoms with Crippen molar-refractivity contribution in [1.29, 1.82) is 0 Å². The second-order valence-electron chi connectivity index (χ2n) is 15.1. The molecule has 0 unspecified atom stereocenters. The number of aliphatic hydroxyl groups is 1. The largest absolute Gasteiger partial charge is 0.462 e. The number of carbonyl (C=O) groups is 2. The number of hydrogen-bond acceptors (Lipinski definition) is 5. The van der Waals surface area contributed by atoms with E-state index in [-0.39, 0.29) is 25.2 Å². The Labute approximate surface area is 311 Å². The summed E-state index contributed by atoms with van der Waals surface area (Å²) in [4.78, 5) is 24.3. The molecule has 0 saturated heterocycles. The number of unbranched alkanes of at least 4 members (excludes halogenated alkanes) is 31. The van der Waals surface area contributed by atoms with Gasteiger partial charge in [0.05, 0.1) is 6.61 Å². The summed E-state index contributed by atoms with van der Waals surface area (Å²) in [5.74, 6) is -0.581. The zero-order chi connectivity index (χ0) is 36.4. The molecule has 0 spiro atoms. The lowest BCUT2D eigenvalue weighted by Crippen LogP contribution is -2.28. The van der Waals surface area contributed by atoms with Gasteiger partial charge >= 0.3 is 11.9 Å². The topological polar surface area (TPSA) is 72.8 Å². The summed E-state index contributed by atoms with van der Waals surface area (Å²) < 4.78 is 10.6. The molecule has 0 rings (SSSR count). The van der Waals surface area contributed by atoms with Crippen molar-refractivity contribution in [2.75, 3.05) is 13.2 Å². The molecule has 0 aromatic rings. The van der Waals surface area contributed by atoms with Crippen LogP contribution in [0, 0.1) is 0 Å². The van der Waals surface area contributed by atoms with E-state index in [1.807, 2.05) is 0 Å². The molecule has 1 atom stereocenters. The quantitative estimate of drug-likeness (QED) is 0.0389. The Morgan fingerprint density at radius 3 is 1.08 bits per heavy atom. The van der Waals surface area contributed by atoms with E-state index >= 15 is 0 Å². The van der Waals surface area contributed by atoms with Crippen molar-refractivity contribution in [3.63, 3.8) is 0 Å². The standard InChI is InChI=1S/C45H86O5/c1-3-5-7-9-11-13-15-17-19-21-22-24-25-27-29-31-33-35-37-39-44(47)49-42-43(41-46)50-45(48)40-38-36-34-32-30-28-26-23-20-18-16-14-12-10-8-6-4-2/h18,20,43,46H,3-17,19,21-42H2,1-2H3/b20-18-/t43-/m0/s1. The molecule has 0 radical (unpaired) electrons. The van der Waals surface area contributed by atoms with Gasteiger partial charge in [-0.05, 0) is 38.5 Å². The van der Waals surface area contributed by atoms with Crippen LogP contribution in [0.2, 0.25) is 0 Å². The van der Waals surface area contributed by atoms with Gasteiger partial charge in [0.15, 0.2) is 6.10 Å². The van der Waals surface area contributed by atoms with E-state index in [0.29, 0.717) is 12.8 Å². The lowest BCUT2D eigenvalue weighted by atomic mass is 10.0. The van der Waals surface area contributed by atoms with Gasteiger partial charge in [0.1, 0.15) is 6.61 Å². The van der Waals surface area contributed by atoms with Crippen molar-refractivity contribution < 1.29 is 24.2 Å². The predicted octanol–water partition coefficient (Wildman–Crippen LogP) is 14.1. The Bertz CT molecular complexity index is 720. The third-order valence-corrected chi connectivity index (χ3v) is 10.1. The maximum absolute atomic E-state index is 12.2. The molecule has 0 bridgehead atoms. The molecule has 0 aliphatic rings. The number of carbonyl (C=O) groups excluding carboxylic acids is 2. The molecule has 0 amide bonds. The summed E-state index contributed by atoms with van der Waals surface area (Å²) in [5, 5.41) is 9.58. The van der Waals surface area contributed by atoms with Gasteiger partial charge in [0, 0.05) is 12.8 Å². The predicted molar refractivity (Wildman–Crippen MR) is 215 cm³/mol. The fraction of sp³-hybridized carbons (Fsp3) is 0.911. The fourth-order valence-corrected chi connectivity index (χ4v) is 6.67. The lowest BCUT2D eigenvalue weighted by Gasteiger charge is -2.15. The van der Waals surface area contributed by atoms with Crippen molar-refractivity contribution in [1.82, 2.24) is 0 Å². The van der Waals surface area contributed by atoms with Crippen LogP contribution < -0.4 is 0 Å². The van der Waals surface area contributed by atoms with Gasteiger partial charge in [-0.25, -0.2) is 0 Å². The van der Waals surface area contributed by atoms with E-state index in [1.54, 1.807) is 0 Å². The average Bonchev–Trinajstić information content (AvgIpc) is 3.12. The van der Waals surface area contributed by atoms with E-state index in [4.69, 9.17) is 9.47 Å². The van der Waals surface area contributed by atoms with Crippen LogP contribution >= 0.6 is 0 Å². The van der Waals surface area contributed by atoms with Crippen LogP contribution in [0.15, 0.2) is 12.2 Å². The van der Waals surface area contributed by atoms with Crippen molar-refractivity contribution in [3.8, 4) is 0 Å². The van der Waals surface area contributed by atoms with Crippen LogP contribution in [0.25, 0.3) is 0 Å². The molecule has 50 heavy (non-hydrogen) atoms. The highest BCUT2D eigenvalue weighted by Gasteiger charge is 2.16. The molecule has 296 valence electrons. The van der Waals surface area contributed by atoms with E-state index in [9.17, 15) is 14.7 Å². The molecule has 0 aliphatic heterocycles. The third kappa shape index (κ3) is 39.4. The summed E-state index contributed by atoms with van der Waals surface area (Å²) >= 11 is 0. The molecule has 0 aromatic heterocycles. The highest BCUT2D eigenvalue weighted by Crippen LogP contribution is 2.16. The smallest absolute Gasteiger partial charge is 0.306 e. The molecule has 0 saturated carbocycles. The Morgan fingerprint density at radius 2 is 0.740 bits per heavy atom. The number of allylic oxidation sites excluding steroid dienone is 2. The highest BCUT2D eigenvalue weighted by molar-refractivity contribution is 5.70. The Kier molecular flexibility index (Phi) is 40.9. The maximum Gasteiger partial charge on any atom is 0.306 e. The van der Waals surface area contributed by atoms with Crippen LogP contribution in [0.3, 0.4) is 0 Å². The maximum atomic E-state index is 12.2. The van der Waals surface area contributed by atoms with Crippen molar-refractivity contribution in [3.05, 3.63) is 12.2 Å². The Hall–Kier alpha value is -1.36. The molecule has 0 aromatic carbocycles. The van der Waals surface area contributed by atoms with Gasteiger partial charge < -0.3 is 14.6 Å². The zero-order valence-electron chi connectivity index (χ0n) is 33.7. The van der Waals surface area contributed by atoms with Crippen molar-refractivity contribution in [2.45, 2.75) is 251 Å². The van der Waals surface area contributed by atoms with E-state index in [1.165, 1.54) is 186 Å². The molecule has 0 aliphatic carbocycles. The number of esters is 2. The van der Waals surface area contributed by atoms with E-state index in [2.05, 4.69) is 26.0 Å². The molecular weight excluding hydrogens is 620 g/mol. The van der Waals surface area contributed by atoms with E-state index < -0.39 is 6.10 Å². The average molecular weight is 707 g/mol. The van der Waals surface area contributed by atoms with Crippen LogP contribution in [-0.4, -0.2) is 36.4 Å². The van der Waals surface area contributed by atoms with E-state index in [0.717, 1.165) is 32.1 Å². The highest BCUT2D eigenvalue weighted by atomic mass is 16.6. The lowest BCUT2D eigenvalue weighted by molar-refractivity contribution is -0.161. The zero-order valence-corrected chi connectivity index (χ0v) is 33.7. The first kappa shape index (κ1) is 48.6.